The Morgan fingerprint density at radius 1 is 1.20 bits per heavy atom. The van der Waals surface area contributed by atoms with E-state index in [9.17, 15) is 0 Å². The van der Waals surface area contributed by atoms with Gasteiger partial charge in [-0.1, -0.05) is 17.8 Å². The van der Waals surface area contributed by atoms with E-state index >= 15 is 0 Å². The maximum atomic E-state index is 5.92. The van der Waals surface area contributed by atoms with Crippen LogP contribution in [-0.2, 0) is 0 Å². The molecule has 1 aromatic carbocycles. The van der Waals surface area contributed by atoms with Crippen LogP contribution < -0.4 is 5.73 Å². The van der Waals surface area contributed by atoms with Crippen LogP contribution in [0.25, 0.3) is 0 Å². The third-order valence-corrected chi connectivity index (χ3v) is 3.54. The molecule has 0 aliphatic carbocycles. The van der Waals surface area contributed by atoms with Crippen molar-refractivity contribution in [2.45, 2.75) is 9.92 Å². The fourth-order valence-corrected chi connectivity index (χ4v) is 2.45. The number of pyridine rings is 1. The maximum absolute atomic E-state index is 5.92. The third kappa shape index (κ3) is 2.85. The molecular formula is C11H9IN2S. The van der Waals surface area contributed by atoms with Gasteiger partial charge >= 0.3 is 0 Å². The van der Waals surface area contributed by atoms with Gasteiger partial charge in [0.2, 0.25) is 0 Å². The van der Waals surface area contributed by atoms with Gasteiger partial charge in [0.1, 0.15) is 5.03 Å². The van der Waals surface area contributed by atoms with E-state index in [4.69, 9.17) is 5.73 Å². The van der Waals surface area contributed by atoms with Gasteiger partial charge in [0.15, 0.2) is 0 Å². The lowest BCUT2D eigenvalue weighted by Gasteiger charge is -2.04. The van der Waals surface area contributed by atoms with Gasteiger partial charge in [-0.05, 0) is 52.9 Å². The molecule has 0 spiro atoms. The van der Waals surface area contributed by atoms with Gasteiger partial charge in [-0.15, -0.1) is 0 Å². The number of hydrogen-bond acceptors (Lipinski definition) is 3. The van der Waals surface area contributed by atoms with E-state index in [0.717, 1.165) is 19.2 Å². The van der Waals surface area contributed by atoms with Crippen molar-refractivity contribution < 1.29 is 0 Å². The second-order valence-corrected chi connectivity index (χ2v) is 5.26. The van der Waals surface area contributed by atoms with Crippen LogP contribution in [0.1, 0.15) is 0 Å². The summed E-state index contributed by atoms with van der Waals surface area (Å²) >= 11 is 3.83. The molecule has 2 rings (SSSR count). The van der Waals surface area contributed by atoms with E-state index in [1.807, 2.05) is 36.4 Å². The van der Waals surface area contributed by atoms with Crippen molar-refractivity contribution in [2.75, 3.05) is 5.73 Å². The van der Waals surface area contributed by atoms with Gasteiger partial charge in [0, 0.05) is 20.3 Å². The zero-order valence-electron chi connectivity index (χ0n) is 7.85. The number of nitrogen functional groups attached to an aromatic ring is 1. The van der Waals surface area contributed by atoms with Crippen LogP contribution in [0, 0.1) is 3.57 Å². The normalized spacial score (nSPS) is 10.2. The molecule has 0 amide bonds. The lowest BCUT2D eigenvalue weighted by Crippen LogP contribution is -1.89. The molecule has 0 saturated carbocycles. The minimum atomic E-state index is 0.803. The highest BCUT2D eigenvalue weighted by Crippen LogP contribution is 2.31. The Kier molecular flexibility index (Phi) is 3.48. The molecule has 1 aromatic heterocycles. The molecule has 0 aliphatic rings. The number of nitrogens with zero attached hydrogens (tertiary/aromatic N) is 1. The summed E-state index contributed by atoms with van der Waals surface area (Å²) in [6.45, 7) is 0. The number of halogens is 1. The first-order valence-corrected chi connectivity index (χ1v) is 6.29. The zero-order valence-corrected chi connectivity index (χ0v) is 10.8. The summed E-state index contributed by atoms with van der Waals surface area (Å²) in [6.07, 6.45) is 1.78. The molecular weight excluding hydrogens is 319 g/mol. The molecule has 0 saturated heterocycles. The number of anilines is 1. The number of rotatable bonds is 2. The number of hydrogen-bond donors (Lipinski definition) is 1. The van der Waals surface area contributed by atoms with Gasteiger partial charge in [-0.2, -0.15) is 0 Å². The summed E-state index contributed by atoms with van der Waals surface area (Å²) in [5.74, 6) is 0. The van der Waals surface area contributed by atoms with Crippen molar-refractivity contribution in [1.29, 1.82) is 0 Å². The molecule has 2 aromatic rings. The van der Waals surface area contributed by atoms with E-state index < -0.39 is 0 Å². The lowest BCUT2D eigenvalue weighted by molar-refractivity contribution is 1.13. The second-order valence-electron chi connectivity index (χ2n) is 2.95. The summed E-state index contributed by atoms with van der Waals surface area (Å²) in [7, 11) is 0. The van der Waals surface area contributed by atoms with Crippen molar-refractivity contribution in [1.82, 2.24) is 4.98 Å². The first kappa shape index (κ1) is 10.8. The fourth-order valence-electron chi connectivity index (χ4n) is 1.13. The van der Waals surface area contributed by atoms with Crippen LogP contribution >= 0.6 is 34.4 Å². The largest absolute Gasteiger partial charge is 0.398 e. The van der Waals surface area contributed by atoms with Gasteiger partial charge in [-0.25, -0.2) is 4.98 Å². The van der Waals surface area contributed by atoms with E-state index in [1.165, 1.54) is 0 Å². The summed E-state index contributed by atoms with van der Waals surface area (Å²) in [5, 5.41) is 0.963. The monoisotopic (exact) mass is 328 g/mol. The first-order valence-electron chi connectivity index (χ1n) is 4.39. The molecule has 2 N–H and O–H groups in total. The van der Waals surface area contributed by atoms with Gasteiger partial charge in [0.25, 0.3) is 0 Å². The van der Waals surface area contributed by atoms with Gasteiger partial charge < -0.3 is 5.73 Å². The average molecular weight is 328 g/mol. The molecule has 0 atom stereocenters. The highest BCUT2D eigenvalue weighted by molar-refractivity contribution is 14.1. The molecule has 4 heteroatoms. The first-order chi connectivity index (χ1) is 7.25. The van der Waals surface area contributed by atoms with E-state index in [-0.39, 0.29) is 0 Å². The van der Waals surface area contributed by atoms with E-state index in [0.29, 0.717) is 0 Å². The molecule has 0 unspecified atom stereocenters. The van der Waals surface area contributed by atoms with Crippen LogP contribution in [-0.4, -0.2) is 4.98 Å². The van der Waals surface area contributed by atoms with Crippen LogP contribution in [0.4, 0.5) is 5.69 Å². The number of aromatic nitrogens is 1. The van der Waals surface area contributed by atoms with Crippen LogP contribution in [0.15, 0.2) is 52.5 Å². The molecule has 1 heterocycles. The quantitative estimate of drug-likeness (QED) is 0.678. The summed E-state index contributed by atoms with van der Waals surface area (Å²) < 4.78 is 1.15. The molecule has 2 nitrogen and oxygen atoms in total. The van der Waals surface area contributed by atoms with Crippen molar-refractivity contribution in [3.63, 3.8) is 0 Å². The molecule has 0 fully saturated rings. The standard InChI is InChI=1S/C11H9IN2S/c12-8-4-5-10(9(13)7-8)15-11-3-1-2-6-14-11/h1-7H,13H2. The smallest absolute Gasteiger partial charge is 0.101 e. The minimum absolute atomic E-state index is 0.803. The SMILES string of the molecule is Nc1cc(I)ccc1Sc1ccccn1. The Morgan fingerprint density at radius 3 is 2.73 bits per heavy atom. The Morgan fingerprint density at radius 2 is 2.07 bits per heavy atom. The molecule has 15 heavy (non-hydrogen) atoms. The fraction of sp³-hybridized carbons (Fsp3) is 0. The summed E-state index contributed by atoms with van der Waals surface area (Å²) in [5.41, 5.74) is 6.72. The van der Waals surface area contributed by atoms with Gasteiger partial charge in [-0.3, -0.25) is 0 Å². The molecule has 0 bridgehead atoms. The molecule has 76 valence electrons. The lowest BCUT2D eigenvalue weighted by atomic mass is 10.3. The Labute approximate surface area is 106 Å². The second kappa shape index (κ2) is 4.85. The maximum Gasteiger partial charge on any atom is 0.101 e. The Bertz CT molecular complexity index is 459. The van der Waals surface area contributed by atoms with Crippen LogP contribution in [0.2, 0.25) is 0 Å². The average Bonchev–Trinajstić information content (AvgIpc) is 2.24. The van der Waals surface area contributed by atoms with Crippen molar-refractivity contribution in [3.05, 3.63) is 46.2 Å². The Hall–Kier alpha value is -0.750. The highest BCUT2D eigenvalue weighted by atomic mass is 127. The highest BCUT2D eigenvalue weighted by Gasteiger charge is 2.02. The predicted molar refractivity (Wildman–Crippen MR) is 71.9 cm³/mol. The van der Waals surface area contributed by atoms with Crippen molar-refractivity contribution >= 4 is 40.0 Å². The summed E-state index contributed by atoms with van der Waals surface area (Å²) in [4.78, 5) is 5.29. The zero-order chi connectivity index (χ0) is 10.7. The third-order valence-electron chi connectivity index (χ3n) is 1.82. The number of nitrogens with two attached hydrogens (primary N) is 1. The summed E-state index contributed by atoms with van der Waals surface area (Å²) in [6, 6.07) is 11.9. The van der Waals surface area contributed by atoms with Gasteiger partial charge in [0.05, 0.1) is 0 Å². The minimum Gasteiger partial charge on any atom is -0.398 e. The number of benzene rings is 1. The molecule has 0 aliphatic heterocycles. The molecule has 0 radical (unpaired) electrons. The van der Waals surface area contributed by atoms with Crippen molar-refractivity contribution in [2.24, 2.45) is 0 Å². The van der Waals surface area contributed by atoms with E-state index in [2.05, 4.69) is 27.6 Å². The predicted octanol–water partition coefficient (Wildman–Crippen LogP) is 3.42. The Balaban J connectivity index is 2.25. The van der Waals surface area contributed by atoms with Crippen molar-refractivity contribution in [3.8, 4) is 0 Å². The van der Waals surface area contributed by atoms with Crippen LogP contribution in [0.3, 0.4) is 0 Å². The van der Waals surface area contributed by atoms with E-state index in [1.54, 1.807) is 18.0 Å². The van der Waals surface area contributed by atoms with Crippen LogP contribution in [0.5, 0.6) is 0 Å². The topological polar surface area (TPSA) is 38.9 Å².